The van der Waals surface area contributed by atoms with E-state index in [-0.39, 0.29) is 31.3 Å². The molecule has 2 atom stereocenters. The molecule has 0 bridgehead atoms. The fraction of sp³-hybridized carbons (Fsp3) is 0.667. The summed E-state index contributed by atoms with van der Waals surface area (Å²) in [5.41, 5.74) is 18.1. The van der Waals surface area contributed by atoms with Crippen LogP contribution in [0, 0.1) is 0 Å². The maximum Gasteiger partial charge on any atom is 0.244 e. The third kappa shape index (κ3) is 3.59. The van der Waals surface area contributed by atoms with Gasteiger partial charge in [-0.3, -0.25) is 9.69 Å². The topological polar surface area (TPSA) is 133 Å². The summed E-state index contributed by atoms with van der Waals surface area (Å²) in [6.07, 6.45) is 8.45. The highest BCUT2D eigenvalue weighted by atomic mass is 35.5. The predicted molar refractivity (Wildman–Crippen MR) is 96.3 cm³/mol. The molecule has 0 aromatic rings. The minimum absolute atomic E-state index is 0.0192. The highest BCUT2D eigenvalue weighted by molar-refractivity contribution is 6.29. The number of carbonyl (C=O) groups excluding carboxylic acids is 1. The second kappa shape index (κ2) is 8.33. The molecule has 1 saturated heterocycles. The van der Waals surface area contributed by atoms with Crippen molar-refractivity contribution in [2.45, 2.75) is 50.4 Å². The van der Waals surface area contributed by atoms with Crippen LogP contribution in [0.1, 0.15) is 32.1 Å². The standard InChI is InChI=1S/C15H20ClN9O/c16-13-7-6-11-14(21-13)25(10-4-2-1-3-5-10)12(8-19-22-17)15(26)24(11)9-20-23-18/h6-7,10,12,14,21H,1-5,8-9H2/t12-,14?/m1/s1. The molecule has 2 fully saturated rings. The van der Waals surface area contributed by atoms with E-state index in [1.807, 2.05) is 0 Å². The Morgan fingerprint density at radius 1 is 1.19 bits per heavy atom. The fourth-order valence-corrected chi connectivity index (χ4v) is 4.12. The van der Waals surface area contributed by atoms with Gasteiger partial charge >= 0.3 is 0 Å². The molecule has 0 radical (unpaired) electrons. The second-order valence-corrected chi connectivity index (χ2v) is 6.87. The zero-order valence-corrected chi connectivity index (χ0v) is 15.0. The van der Waals surface area contributed by atoms with Crippen molar-refractivity contribution in [1.82, 2.24) is 15.1 Å². The smallest absolute Gasteiger partial charge is 0.244 e. The lowest BCUT2D eigenvalue weighted by molar-refractivity contribution is -0.143. The molecule has 2 aliphatic heterocycles. The molecule has 1 aliphatic carbocycles. The Balaban J connectivity index is 2.01. The number of piperazine rings is 1. The first-order valence-electron chi connectivity index (χ1n) is 8.62. The molecule has 1 unspecified atom stereocenters. The zero-order chi connectivity index (χ0) is 18.5. The van der Waals surface area contributed by atoms with Crippen LogP contribution in [-0.2, 0) is 4.79 Å². The number of nitrogens with one attached hydrogen (secondary N) is 1. The molecule has 0 spiro atoms. The maximum absolute atomic E-state index is 13.1. The molecule has 26 heavy (non-hydrogen) atoms. The molecule has 138 valence electrons. The number of carbonyl (C=O) groups is 1. The van der Waals surface area contributed by atoms with Gasteiger partial charge < -0.3 is 10.2 Å². The molecule has 1 saturated carbocycles. The average Bonchev–Trinajstić information content (AvgIpc) is 2.66. The Kier molecular flexibility index (Phi) is 5.90. The first-order valence-corrected chi connectivity index (χ1v) is 8.99. The minimum Gasteiger partial charge on any atom is -0.355 e. The average molecular weight is 378 g/mol. The molecule has 0 aromatic carbocycles. The minimum atomic E-state index is -0.625. The van der Waals surface area contributed by atoms with Crippen molar-refractivity contribution in [3.63, 3.8) is 0 Å². The van der Waals surface area contributed by atoms with Gasteiger partial charge in [0.1, 0.15) is 18.0 Å². The molecule has 1 amide bonds. The van der Waals surface area contributed by atoms with Gasteiger partial charge in [-0.25, -0.2) is 0 Å². The summed E-state index contributed by atoms with van der Waals surface area (Å²) in [7, 11) is 0. The molecule has 3 rings (SSSR count). The maximum atomic E-state index is 13.1. The molecule has 0 aromatic heterocycles. The van der Waals surface area contributed by atoms with Crippen LogP contribution >= 0.6 is 11.6 Å². The van der Waals surface area contributed by atoms with Crippen molar-refractivity contribution >= 4 is 17.5 Å². The van der Waals surface area contributed by atoms with Gasteiger partial charge in [-0.2, -0.15) is 0 Å². The van der Waals surface area contributed by atoms with Crippen molar-refractivity contribution < 1.29 is 4.79 Å². The van der Waals surface area contributed by atoms with Crippen molar-refractivity contribution in [3.8, 4) is 0 Å². The fourth-order valence-electron chi connectivity index (χ4n) is 3.96. The SMILES string of the molecule is [N-]=[N+]=NC[C@@H]1C(=O)N(CN=[N+]=[N-])C2=CC=C(Cl)NC2N1C1CCCCC1. The van der Waals surface area contributed by atoms with E-state index in [1.54, 1.807) is 12.2 Å². The number of azide groups is 2. The van der Waals surface area contributed by atoms with Crippen molar-refractivity contribution in [3.05, 3.63) is 43.9 Å². The first kappa shape index (κ1) is 18.4. The summed E-state index contributed by atoms with van der Waals surface area (Å²) < 4.78 is 0. The number of allylic oxidation sites excluding steroid dienone is 2. The monoisotopic (exact) mass is 377 g/mol. The van der Waals surface area contributed by atoms with E-state index in [0.717, 1.165) is 25.7 Å². The molecular weight excluding hydrogens is 358 g/mol. The number of hydrogen-bond acceptors (Lipinski definition) is 5. The van der Waals surface area contributed by atoms with Crippen molar-refractivity contribution in [2.75, 3.05) is 13.2 Å². The summed E-state index contributed by atoms with van der Waals surface area (Å²) >= 11 is 6.19. The first-order chi connectivity index (χ1) is 12.7. The van der Waals surface area contributed by atoms with Gasteiger partial charge in [0.2, 0.25) is 5.91 Å². The number of hydrogen-bond donors (Lipinski definition) is 1. The Bertz CT molecular complexity index is 713. The van der Waals surface area contributed by atoms with E-state index in [9.17, 15) is 4.79 Å². The van der Waals surface area contributed by atoms with E-state index in [4.69, 9.17) is 22.7 Å². The van der Waals surface area contributed by atoms with E-state index >= 15 is 0 Å². The predicted octanol–water partition coefficient (Wildman–Crippen LogP) is 3.30. The molecule has 10 nitrogen and oxygen atoms in total. The lowest BCUT2D eigenvalue weighted by Crippen LogP contribution is -2.68. The van der Waals surface area contributed by atoms with Gasteiger partial charge in [0.05, 0.1) is 18.3 Å². The van der Waals surface area contributed by atoms with Crippen LogP contribution in [0.3, 0.4) is 0 Å². The summed E-state index contributed by atoms with van der Waals surface area (Å²) in [6, 6.07) is -0.434. The van der Waals surface area contributed by atoms with E-state index < -0.39 is 6.04 Å². The number of dihydropyridines is 1. The summed E-state index contributed by atoms with van der Waals surface area (Å²) in [5, 5.41) is 10.9. The van der Waals surface area contributed by atoms with Gasteiger partial charge in [0.25, 0.3) is 0 Å². The number of halogens is 1. The van der Waals surface area contributed by atoms with Crippen LogP contribution in [0.15, 0.2) is 33.2 Å². The van der Waals surface area contributed by atoms with Crippen LogP contribution in [0.25, 0.3) is 20.9 Å². The lowest BCUT2D eigenvalue weighted by atomic mass is 9.90. The quantitative estimate of drug-likeness (QED) is 0.341. The summed E-state index contributed by atoms with van der Waals surface area (Å²) in [6.45, 7) is -0.0958. The zero-order valence-electron chi connectivity index (χ0n) is 14.2. The van der Waals surface area contributed by atoms with Gasteiger partial charge in [0.15, 0.2) is 0 Å². The Hall–Kier alpha value is -2.38. The van der Waals surface area contributed by atoms with Crippen molar-refractivity contribution in [2.24, 2.45) is 10.2 Å². The lowest BCUT2D eigenvalue weighted by Gasteiger charge is -2.51. The number of amides is 1. The van der Waals surface area contributed by atoms with Crippen LogP contribution in [0.4, 0.5) is 0 Å². The molecule has 11 heteroatoms. The highest BCUT2D eigenvalue weighted by Crippen LogP contribution is 2.34. The van der Waals surface area contributed by atoms with Crippen LogP contribution in [-0.4, -0.2) is 47.2 Å². The van der Waals surface area contributed by atoms with Gasteiger partial charge in [-0.05, 0) is 36.1 Å². The Labute approximate surface area is 155 Å². The van der Waals surface area contributed by atoms with E-state index in [0.29, 0.717) is 10.9 Å². The van der Waals surface area contributed by atoms with Gasteiger partial charge in [0, 0.05) is 15.9 Å². The molecule has 3 aliphatic rings. The molecular formula is C15H20ClN9O. The highest BCUT2D eigenvalue weighted by Gasteiger charge is 2.47. The largest absolute Gasteiger partial charge is 0.355 e. The third-order valence-corrected chi connectivity index (χ3v) is 5.29. The summed E-state index contributed by atoms with van der Waals surface area (Å²) in [4.78, 5) is 22.2. The Morgan fingerprint density at radius 2 is 1.92 bits per heavy atom. The van der Waals surface area contributed by atoms with E-state index in [1.165, 1.54) is 11.3 Å². The van der Waals surface area contributed by atoms with Crippen LogP contribution in [0.2, 0.25) is 0 Å². The normalized spacial score (nSPS) is 26.7. The van der Waals surface area contributed by atoms with Gasteiger partial charge in [-0.15, -0.1) is 0 Å². The third-order valence-electron chi connectivity index (χ3n) is 5.06. The second-order valence-electron chi connectivity index (χ2n) is 6.46. The van der Waals surface area contributed by atoms with Crippen molar-refractivity contribution in [1.29, 1.82) is 0 Å². The summed E-state index contributed by atoms with van der Waals surface area (Å²) in [5.74, 6) is -0.230. The molecule has 1 N–H and O–H groups in total. The Morgan fingerprint density at radius 3 is 2.62 bits per heavy atom. The van der Waals surface area contributed by atoms with E-state index in [2.05, 4.69) is 30.3 Å². The van der Waals surface area contributed by atoms with Crippen LogP contribution in [0.5, 0.6) is 0 Å². The number of nitrogens with zero attached hydrogens (tertiary/aromatic N) is 8. The molecule has 2 heterocycles. The van der Waals surface area contributed by atoms with Crippen LogP contribution < -0.4 is 5.32 Å². The number of rotatable bonds is 5. The van der Waals surface area contributed by atoms with Gasteiger partial charge in [-0.1, -0.05) is 41.1 Å². The number of fused-ring (bicyclic) bond motifs is 1.